The van der Waals surface area contributed by atoms with E-state index in [1.807, 2.05) is 135 Å². The van der Waals surface area contributed by atoms with Crippen LogP contribution in [0.2, 0.25) is 0 Å². The number of hydrogen-bond donors (Lipinski definition) is 1. The Bertz CT molecular complexity index is 4500. The van der Waals surface area contributed by atoms with Gasteiger partial charge in [0.25, 0.3) is 0 Å². The predicted molar refractivity (Wildman–Crippen MR) is 510 cm³/mol. The van der Waals surface area contributed by atoms with Crippen molar-refractivity contribution in [1.29, 1.82) is 0 Å². The van der Waals surface area contributed by atoms with Gasteiger partial charge in [0.1, 0.15) is 66.2 Å². The Morgan fingerprint density at radius 2 is 0.577 bits per heavy atom. The van der Waals surface area contributed by atoms with E-state index < -0.39 is 62.7 Å². The van der Waals surface area contributed by atoms with Crippen molar-refractivity contribution in [2.75, 3.05) is 59.4 Å². The quantitative estimate of drug-likeness (QED) is 0.0347. The van der Waals surface area contributed by atoms with Crippen molar-refractivity contribution in [3.05, 3.63) is 263 Å². The second kappa shape index (κ2) is 49.5. The Morgan fingerprint density at radius 1 is 0.315 bits per heavy atom. The summed E-state index contributed by atoms with van der Waals surface area (Å²) in [5.74, 6) is 0.548. The van der Waals surface area contributed by atoms with Crippen LogP contribution < -0.4 is 24.7 Å². The number of carbonyl (C=O) groups excluding carboxylic acids is 8. The van der Waals surface area contributed by atoms with Crippen LogP contribution in [0.5, 0.6) is 23.0 Å². The van der Waals surface area contributed by atoms with Crippen molar-refractivity contribution in [2.24, 2.45) is 22.5 Å². The normalized spacial score (nSPS) is 16.2. The van der Waals surface area contributed by atoms with Gasteiger partial charge in [0.2, 0.25) is 17.3 Å². The van der Waals surface area contributed by atoms with Crippen LogP contribution in [0.15, 0.2) is 218 Å². The first-order valence-electron chi connectivity index (χ1n) is 46.7. The Hall–Kier alpha value is -10.0. The van der Waals surface area contributed by atoms with E-state index in [4.69, 9.17) is 57.8 Å². The summed E-state index contributed by atoms with van der Waals surface area (Å²) >= 11 is 0. The lowest BCUT2D eigenvalue weighted by Gasteiger charge is -2.44. The maximum absolute atomic E-state index is 14.5. The summed E-state index contributed by atoms with van der Waals surface area (Å²) in [6.07, 6.45) is 4.77. The van der Waals surface area contributed by atoms with Crippen LogP contribution in [-0.2, 0) is 52.3 Å². The maximum Gasteiger partial charge on any atom is 0.201 e. The highest BCUT2D eigenvalue weighted by Crippen LogP contribution is 2.40. The molecule has 0 aliphatic heterocycles. The lowest BCUT2D eigenvalue weighted by atomic mass is 9.73. The van der Waals surface area contributed by atoms with E-state index in [1.54, 1.807) is 166 Å². The molecule has 11 atom stereocenters. The lowest BCUT2D eigenvalue weighted by Crippen LogP contribution is -2.52. The van der Waals surface area contributed by atoms with Crippen LogP contribution in [0.25, 0.3) is 0 Å². The zero-order chi connectivity index (χ0) is 94.9. The molecule has 702 valence electrons. The minimum atomic E-state index is -1.30. The fraction of sp³-hybridized carbons (Fsp3) is 0.491. The number of nitrogens with two attached hydrogens (primary N) is 1. The molecule has 8 aromatic carbocycles. The second-order valence-corrected chi connectivity index (χ2v) is 36.7. The van der Waals surface area contributed by atoms with Crippen molar-refractivity contribution < 1.29 is 90.5 Å². The molecule has 0 radical (unpaired) electrons. The second-order valence-electron chi connectivity index (χ2n) is 36.7. The Labute approximate surface area is 772 Å². The van der Waals surface area contributed by atoms with Gasteiger partial charge in [0, 0.05) is 75.7 Å². The molecule has 0 bridgehead atoms. The standard InChI is InChI=1S/C110H143NO19/c1-19-90(65-78(9)63-64-110(25-7,26-8)98(115)72-123-94-61-53-89(54-62-94)102(119)85-45-37-30-38-46-85)124-74-109(75-125-103(13,20-2)66-79(10)128-106(16,22-4)95(112)69-120-91-55-47-86(48-56-91)99(116)82-39-31-27-32-40-82,76-126-104(14,21-3)67-80(11)129-107(17,23-5)96(113)70-121-92-57-49-87(50-58-92)100(117)83-41-33-28-34-42-83)77-127-105(15,73-111)68-81(12)130-108(18,24-6)97(114)71-122-93-59-51-88(52-60-93)101(118)84-43-35-29-36-44-84/h27-62,78-81,90H,19-26,63-77,111H2,1-18H3. The van der Waals surface area contributed by atoms with Crippen LogP contribution in [-0.4, -0.2) is 164 Å². The molecule has 0 saturated carbocycles. The summed E-state index contributed by atoms with van der Waals surface area (Å²) < 4.78 is 74.7. The average Bonchev–Trinajstić information content (AvgIpc) is 0.809. The van der Waals surface area contributed by atoms with Crippen molar-refractivity contribution in [1.82, 2.24) is 0 Å². The molecule has 0 saturated heterocycles. The van der Waals surface area contributed by atoms with Gasteiger partial charge in [-0.2, -0.15) is 0 Å². The zero-order valence-corrected chi connectivity index (χ0v) is 80.3. The Balaban J connectivity index is 1.06. The summed E-state index contributed by atoms with van der Waals surface area (Å²) in [6, 6.07) is 63.2. The summed E-state index contributed by atoms with van der Waals surface area (Å²) in [5, 5.41) is 0. The number of benzene rings is 8. The van der Waals surface area contributed by atoms with Gasteiger partial charge in [-0.15, -0.1) is 0 Å². The highest BCUT2D eigenvalue weighted by atomic mass is 16.6. The molecule has 0 fully saturated rings. The zero-order valence-electron chi connectivity index (χ0n) is 80.3. The van der Waals surface area contributed by atoms with Crippen LogP contribution in [0.4, 0.5) is 0 Å². The van der Waals surface area contributed by atoms with E-state index in [1.165, 1.54) is 0 Å². The highest BCUT2D eigenvalue weighted by molar-refractivity contribution is 6.11. The van der Waals surface area contributed by atoms with E-state index in [-0.39, 0.29) is 124 Å². The molecule has 0 aliphatic carbocycles. The molecule has 130 heavy (non-hydrogen) atoms. The van der Waals surface area contributed by atoms with Crippen LogP contribution in [0.1, 0.15) is 278 Å². The van der Waals surface area contributed by atoms with Gasteiger partial charge in [-0.05, 0) is 236 Å². The summed E-state index contributed by atoms with van der Waals surface area (Å²) in [5.41, 5.74) is 2.58. The number of rotatable bonds is 62. The third-order valence-corrected chi connectivity index (χ3v) is 26.3. The lowest BCUT2D eigenvalue weighted by molar-refractivity contribution is -0.204. The van der Waals surface area contributed by atoms with Crippen molar-refractivity contribution in [3.63, 3.8) is 0 Å². The van der Waals surface area contributed by atoms with Crippen molar-refractivity contribution in [3.8, 4) is 23.0 Å². The predicted octanol–water partition coefficient (Wildman–Crippen LogP) is 21.9. The van der Waals surface area contributed by atoms with Gasteiger partial charge in [-0.3, -0.25) is 38.4 Å². The number of Topliss-reactive ketones (excluding diaryl/α,β-unsaturated/α-hetero) is 4. The molecule has 0 spiro atoms. The van der Waals surface area contributed by atoms with Gasteiger partial charge in [0.05, 0.1) is 73.1 Å². The molecule has 20 heteroatoms. The van der Waals surface area contributed by atoms with Gasteiger partial charge < -0.3 is 57.8 Å². The minimum absolute atomic E-state index is 0.0101. The van der Waals surface area contributed by atoms with E-state index >= 15 is 0 Å². The summed E-state index contributed by atoms with van der Waals surface area (Å²) in [7, 11) is 0. The van der Waals surface area contributed by atoms with Gasteiger partial charge in [-0.1, -0.05) is 184 Å². The van der Waals surface area contributed by atoms with Gasteiger partial charge in [-0.25, -0.2) is 0 Å². The van der Waals surface area contributed by atoms with E-state index in [0.29, 0.717) is 145 Å². The molecular formula is C110H143NO19. The summed E-state index contributed by atoms with van der Waals surface area (Å²) in [6.45, 7) is 34.4. The monoisotopic (exact) mass is 1780 g/mol. The molecular weight excluding hydrogens is 1640 g/mol. The molecule has 0 heterocycles. The molecule has 0 amide bonds. The van der Waals surface area contributed by atoms with Gasteiger partial charge >= 0.3 is 0 Å². The number of hydrogen-bond acceptors (Lipinski definition) is 20. The topological polar surface area (TPSA) is 264 Å². The first-order valence-corrected chi connectivity index (χ1v) is 46.7. The molecule has 0 aliphatic rings. The van der Waals surface area contributed by atoms with Crippen molar-refractivity contribution >= 4 is 46.3 Å². The molecule has 11 unspecified atom stereocenters. The van der Waals surface area contributed by atoms with Crippen LogP contribution in [0.3, 0.4) is 0 Å². The molecule has 0 aromatic heterocycles. The fourth-order valence-electron chi connectivity index (χ4n) is 16.3. The van der Waals surface area contributed by atoms with Crippen LogP contribution >= 0.6 is 0 Å². The fourth-order valence-corrected chi connectivity index (χ4v) is 16.3. The first-order chi connectivity index (χ1) is 61.9. The third kappa shape index (κ3) is 30.3. The molecule has 2 N–H and O–H groups in total. The summed E-state index contributed by atoms with van der Waals surface area (Å²) in [4.78, 5) is 111. The maximum atomic E-state index is 14.5. The minimum Gasteiger partial charge on any atom is -0.486 e. The largest absolute Gasteiger partial charge is 0.486 e. The van der Waals surface area contributed by atoms with Crippen LogP contribution in [0, 0.1) is 16.7 Å². The molecule has 20 nitrogen and oxygen atoms in total. The number of ether oxygens (including phenoxy) is 11. The SMILES string of the molecule is CCC(CC(C)CCC(CC)(CC)C(=O)COc1ccc(C(=O)c2ccccc2)cc1)OCC(COC(C)(CC)CC(C)OC(C)(CC)C(=O)COc1ccc(C(=O)c2ccccc2)cc1)(COC(C)(CC)CC(C)OC(C)(CC)C(=O)COc1ccc(C(=O)c2ccccc2)cc1)COC(C)(CN)CC(C)OC(C)(CC)C(=O)COc1ccc(C(=O)c2ccccc2)cc1. The smallest absolute Gasteiger partial charge is 0.201 e. The Morgan fingerprint density at radius 3 is 0.831 bits per heavy atom. The Kier molecular flexibility index (Phi) is 40.1. The van der Waals surface area contributed by atoms with Crippen molar-refractivity contribution in [2.45, 2.75) is 273 Å². The van der Waals surface area contributed by atoms with Gasteiger partial charge in [0.15, 0.2) is 28.9 Å². The van der Waals surface area contributed by atoms with E-state index in [9.17, 15) is 38.4 Å². The average molecular weight is 1780 g/mol. The molecule has 8 rings (SSSR count). The number of carbonyl (C=O) groups is 8. The third-order valence-electron chi connectivity index (χ3n) is 26.3. The number of ketones is 8. The van der Waals surface area contributed by atoms with E-state index in [0.717, 1.165) is 6.42 Å². The highest BCUT2D eigenvalue weighted by Gasteiger charge is 2.46. The first kappa shape index (κ1) is 105. The van der Waals surface area contributed by atoms with E-state index in [2.05, 4.69) is 41.5 Å². The molecule has 8 aromatic rings.